The molecule has 148 valence electrons. The van der Waals surface area contributed by atoms with Crippen LogP contribution in [-0.4, -0.2) is 31.9 Å². The summed E-state index contributed by atoms with van der Waals surface area (Å²) in [5.74, 6) is 2.06. The number of benzene rings is 2. The molecule has 0 saturated carbocycles. The van der Waals surface area contributed by atoms with Crippen molar-refractivity contribution < 1.29 is 4.74 Å². The minimum Gasteiger partial charge on any atom is -0.493 e. The lowest BCUT2D eigenvalue weighted by Gasteiger charge is -2.09. The van der Waals surface area contributed by atoms with E-state index in [1.54, 1.807) is 16.6 Å². The van der Waals surface area contributed by atoms with Gasteiger partial charge in [0.05, 0.1) is 6.61 Å². The van der Waals surface area contributed by atoms with E-state index < -0.39 is 0 Å². The van der Waals surface area contributed by atoms with Gasteiger partial charge in [-0.3, -0.25) is 9.89 Å². The molecule has 0 amide bonds. The van der Waals surface area contributed by atoms with Crippen LogP contribution in [0.1, 0.15) is 11.1 Å². The summed E-state index contributed by atoms with van der Waals surface area (Å²) in [6.07, 6.45) is 0. The molecule has 4 rings (SSSR count). The third-order valence-corrected chi connectivity index (χ3v) is 5.36. The number of nitrogens with one attached hydrogen (secondary N) is 1. The predicted molar refractivity (Wildman–Crippen MR) is 116 cm³/mol. The van der Waals surface area contributed by atoms with Gasteiger partial charge in [0.15, 0.2) is 16.6 Å². The fourth-order valence-corrected chi connectivity index (χ4v) is 3.91. The number of halogens is 1. The minimum absolute atomic E-state index is 0.221. The third kappa shape index (κ3) is 4.63. The molecule has 0 aliphatic carbocycles. The van der Waals surface area contributed by atoms with Crippen LogP contribution >= 0.6 is 23.4 Å². The fraction of sp³-hybridized carbons (Fsp3) is 0.190. The number of ether oxygens (including phenoxy) is 1. The van der Waals surface area contributed by atoms with Gasteiger partial charge in [-0.15, -0.1) is 0 Å². The molecule has 0 aliphatic rings. The van der Waals surface area contributed by atoms with Crippen LogP contribution in [0.2, 0.25) is 5.02 Å². The van der Waals surface area contributed by atoms with Gasteiger partial charge in [0.1, 0.15) is 5.75 Å². The topological polar surface area (TPSA) is 72.3 Å². The highest BCUT2D eigenvalue weighted by Crippen LogP contribution is 2.23. The Morgan fingerprint density at radius 3 is 2.52 bits per heavy atom. The lowest BCUT2D eigenvalue weighted by Crippen LogP contribution is -2.07. The Labute approximate surface area is 176 Å². The smallest absolute Gasteiger partial charge is 0.266 e. The van der Waals surface area contributed by atoms with E-state index in [1.807, 2.05) is 38.1 Å². The van der Waals surface area contributed by atoms with Gasteiger partial charge in [-0.25, -0.2) is 14.5 Å². The van der Waals surface area contributed by atoms with Gasteiger partial charge in [0.2, 0.25) is 0 Å². The number of aromatic nitrogens is 4. The standard InChI is InChI=1S/C21H19ClN4O2S/c1-13-9-14(2)11-17(10-13)28-7-8-29-21-24-20(15-3-5-16(22)6-4-15)23-18-12-19(27)25-26(18)21/h3-6,9-12H,7-8H2,1-2H3,(H,25,27). The molecule has 0 unspecified atom stereocenters. The monoisotopic (exact) mass is 426 g/mol. The maximum atomic E-state index is 11.8. The van der Waals surface area contributed by atoms with Crippen LogP contribution in [-0.2, 0) is 0 Å². The summed E-state index contributed by atoms with van der Waals surface area (Å²) in [6, 6.07) is 14.9. The zero-order chi connectivity index (χ0) is 20.4. The highest BCUT2D eigenvalue weighted by molar-refractivity contribution is 7.99. The van der Waals surface area contributed by atoms with Crippen LogP contribution in [0, 0.1) is 13.8 Å². The van der Waals surface area contributed by atoms with Crippen LogP contribution in [0.25, 0.3) is 17.0 Å². The average Bonchev–Trinajstić information content (AvgIpc) is 3.05. The second kappa shape index (κ2) is 8.31. The van der Waals surface area contributed by atoms with E-state index in [1.165, 1.54) is 29.0 Å². The third-order valence-electron chi connectivity index (χ3n) is 4.21. The van der Waals surface area contributed by atoms with Crippen molar-refractivity contribution in [3.63, 3.8) is 0 Å². The minimum atomic E-state index is -0.221. The van der Waals surface area contributed by atoms with Crippen LogP contribution in [0.15, 0.2) is 58.5 Å². The summed E-state index contributed by atoms with van der Waals surface area (Å²) in [5, 5.41) is 4.03. The summed E-state index contributed by atoms with van der Waals surface area (Å²) >= 11 is 7.47. The molecular formula is C21H19ClN4O2S. The lowest BCUT2D eigenvalue weighted by molar-refractivity contribution is 0.343. The number of rotatable bonds is 6. The van der Waals surface area contributed by atoms with Crippen LogP contribution in [0.4, 0.5) is 0 Å². The normalized spacial score (nSPS) is 11.1. The quantitative estimate of drug-likeness (QED) is 0.362. The van der Waals surface area contributed by atoms with Crippen molar-refractivity contribution in [1.29, 1.82) is 0 Å². The van der Waals surface area contributed by atoms with Crippen LogP contribution in [0.3, 0.4) is 0 Å². The maximum Gasteiger partial charge on any atom is 0.266 e. The van der Waals surface area contributed by atoms with Gasteiger partial charge >= 0.3 is 0 Å². The molecule has 2 heterocycles. The Balaban J connectivity index is 1.54. The van der Waals surface area contributed by atoms with E-state index in [0.717, 1.165) is 11.3 Å². The molecule has 4 aromatic rings. The highest BCUT2D eigenvalue weighted by atomic mass is 35.5. The Morgan fingerprint density at radius 1 is 1.07 bits per heavy atom. The van der Waals surface area contributed by atoms with Crippen molar-refractivity contribution in [3.05, 3.63) is 75.0 Å². The Morgan fingerprint density at radius 2 is 1.79 bits per heavy atom. The fourth-order valence-electron chi connectivity index (χ4n) is 3.02. The SMILES string of the molecule is Cc1cc(C)cc(OCCSc2nc(-c3ccc(Cl)cc3)nc3cc(=O)[nH]n23)c1. The zero-order valence-electron chi connectivity index (χ0n) is 16.0. The molecule has 6 nitrogen and oxygen atoms in total. The highest BCUT2D eigenvalue weighted by Gasteiger charge is 2.11. The van der Waals surface area contributed by atoms with Crippen molar-refractivity contribution in [2.75, 3.05) is 12.4 Å². The first-order valence-electron chi connectivity index (χ1n) is 9.07. The van der Waals surface area contributed by atoms with Crippen LogP contribution in [0.5, 0.6) is 5.75 Å². The number of aromatic amines is 1. The molecule has 0 aliphatic heterocycles. The number of hydrogen-bond donors (Lipinski definition) is 1. The van der Waals surface area contributed by atoms with Crippen molar-refractivity contribution in [1.82, 2.24) is 19.6 Å². The average molecular weight is 427 g/mol. The van der Waals surface area contributed by atoms with E-state index in [0.29, 0.717) is 34.0 Å². The Bertz CT molecular complexity index is 1200. The molecule has 0 fully saturated rings. The van der Waals surface area contributed by atoms with Gasteiger partial charge in [-0.05, 0) is 61.4 Å². The molecule has 0 radical (unpaired) electrons. The molecule has 0 atom stereocenters. The summed E-state index contributed by atoms with van der Waals surface area (Å²) < 4.78 is 7.48. The molecule has 0 spiro atoms. The van der Waals surface area contributed by atoms with Crippen molar-refractivity contribution in [2.45, 2.75) is 19.0 Å². The van der Waals surface area contributed by atoms with E-state index >= 15 is 0 Å². The van der Waals surface area contributed by atoms with Gasteiger partial charge in [-0.2, -0.15) is 0 Å². The van der Waals surface area contributed by atoms with E-state index in [-0.39, 0.29) is 5.56 Å². The summed E-state index contributed by atoms with van der Waals surface area (Å²) in [5.41, 5.74) is 3.47. The lowest BCUT2D eigenvalue weighted by atomic mass is 10.1. The number of hydrogen-bond acceptors (Lipinski definition) is 5. The van der Waals surface area contributed by atoms with Gasteiger partial charge in [0, 0.05) is 22.4 Å². The molecular weight excluding hydrogens is 408 g/mol. The first kappa shape index (κ1) is 19.5. The number of H-pyrrole nitrogens is 1. The molecule has 0 bridgehead atoms. The van der Waals surface area contributed by atoms with Gasteiger partial charge < -0.3 is 4.74 Å². The molecule has 2 aromatic heterocycles. The number of thioether (sulfide) groups is 1. The Kier molecular flexibility index (Phi) is 5.60. The predicted octanol–water partition coefficient (Wildman–Crippen LogP) is 4.53. The summed E-state index contributed by atoms with van der Waals surface area (Å²) in [4.78, 5) is 20.9. The van der Waals surface area contributed by atoms with E-state index in [9.17, 15) is 4.79 Å². The zero-order valence-corrected chi connectivity index (χ0v) is 17.5. The molecule has 2 aromatic carbocycles. The summed E-state index contributed by atoms with van der Waals surface area (Å²) in [6.45, 7) is 4.61. The van der Waals surface area contributed by atoms with Gasteiger partial charge in [-0.1, -0.05) is 29.4 Å². The number of nitrogens with zero attached hydrogens (tertiary/aromatic N) is 3. The van der Waals surface area contributed by atoms with E-state index in [4.69, 9.17) is 16.3 Å². The van der Waals surface area contributed by atoms with Crippen molar-refractivity contribution in [3.8, 4) is 17.1 Å². The summed E-state index contributed by atoms with van der Waals surface area (Å²) in [7, 11) is 0. The first-order chi connectivity index (χ1) is 14.0. The molecule has 1 N–H and O–H groups in total. The second-order valence-corrected chi connectivity index (χ2v) is 8.17. The largest absolute Gasteiger partial charge is 0.493 e. The number of fused-ring (bicyclic) bond motifs is 1. The maximum absolute atomic E-state index is 11.8. The second-order valence-electron chi connectivity index (χ2n) is 6.67. The van der Waals surface area contributed by atoms with E-state index in [2.05, 4.69) is 21.1 Å². The van der Waals surface area contributed by atoms with Crippen molar-refractivity contribution in [2.24, 2.45) is 0 Å². The first-order valence-corrected chi connectivity index (χ1v) is 10.4. The molecule has 8 heteroatoms. The molecule has 0 saturated heterocycles. The Hall–Kier alpha value is -2.77. The van der Waals surface area contributed by atoms with Crippen molar-refractivity contribution >= 4 is 29.0 Å². The van der Waals surface area contributed by atoms with Gasteiger partial charge in [0.25, 0.3) is 5.56 Å². The van der Waals surface area contributed by atoms with Crippen LogP contribution < -0.4 is 10.3 Å². The molecule has 29 heavy (non-hydrogen) atoms. The number of aryl methyl sites for hydroxylation is 2.